The molecule has 0 aliphatic heterocycles. The Balaban J connectivity index is 1.92. The largest absolute Gasteiger partial charge is 0.369 e. The minimum atomic E-state index is 0.969. The first-order valence-electron chi connectivity index (χ1n) is 6.26. The number of rotatable bonds is 6. The molecule has 0 atom stereocenters. The van der Waals surface area contributed by atoms with Crippen LogP contribution >= 0.6 is 11.3 Å². The number of aryl methyl sites for hydroxylation is 1. The Hall–Kier alpha value is -1.20. The maximum absolute atomic E-state index is 4.33. The molecule has 2 aromatic rings. The van der Waals surface area contributed by atoms with Crippen molar-refractivity contribution in [3.05, 3.63) is 17.3 Å². The molecule has 0 saturated carbocycles. The quantitative estimate of drug-likeness (QED) is 0.815. The van der Waals surface area contributed by atoms with E-state index in [1.165, 1.54) is 16.7 Å². The Morgan fingerprint density at radius 3 is 2.89 bits per heavy atom. The number of anilines is 1. The van der Waals surface area contributed by atoms with Crippen LogP contribution in [0, 0.1) is 6.92 Å². The monoisotopic (exact) mass is 264 g/mol. The highest BCUT2D eigenvalue weighted by Crippen LogP contribution is 2.28. The molecule has 0 aromatic carbocycles. The maximum atomic E-state index is 4.33. The lowest BCUT2D eigenvalue weighted by atomic mass is 10.3. The van der Waals surface area contributed by atoms with E-state index in [1.807, 2.05) is 0 Å². The second-order valence-electron chi connectivity index (χ2n) is 4.76. The van der Waals surface area contributed by atoms with E-state index >= 15 is 0 Å². The van der Waals surface area contributed by atoms with Gasteiger partial charge in [0, 0.05) is 6.54 Å². The summed E-state index contributed by atoms with van der Waals surface area (Å²) in [4.78, 5) is 10.9. The third-order valence-electron chi connectivity index (χ3n) is 2.86. The van der Waals surface area contributed by atoms with Crippen molar-refractivity contribution >= 4 is 27.4 Å². The first kappa shape index (κ1) is 13.2. The van der Waals surface area contributed by atoms with Gasteiger partial charge in [-0.25, -0.2) is 9.97 Å². The second kappa shape index (κ2) is 6.11. The van der Waals surface area contributed by atoms with E-state index in [0.29, 0.717) is 0 Å². The van der Waals surface area contributed by atoms with Crippen molar-refractivity contribution < 1.29 is 0 Å². The number of nitrogens with one attached hydrogen (secondary N) is 1. The van der Waals surface area contributed by atoms with E-state index in [1.54, 1.807) is 17.7 Å². The molecule has 0 saturated heterocycles. The van der Waals surface area contributed by atoms with Gasteiger partial charge in [-0.15, -0.1) is 11.3 Å². The number of hydrogen-bond donors (Lipinski definition) is 1. The van der Waals surface area contributed by atoms with Crippen LogP contribution in [0.3, 0.4) is 0 Å². The molecule has 0 unspecified atom stereocenters. The van der Waals surface area contributed by atoms with Gasteiger partial charge in [-0.2, -0.15) is 0 Å². The minimum absolute atomic E-state index is 0.969. The Kier molecular flexibility index (Phi) is 4.49. The molecule has 2 aromatic heterocycles. The lowest BCUT2D eigenvalue weighted by Crippen LogP contribution is -2.14. The van der Waals surface area contributed by atoms with E-state index in [2.05, 4.69) is 46.6 Å². The first-order chi connectivity index (χ1) is 8.68. The molecule has 98 valence electrons. The molecule has 0 spiro atoms. The molecular formula is C13H20N4S. The van der Waals surface area contributed by atoms with Crippen LogP contribution in [-0.4, -0.2) is 42.1 Å². The predicted octanol–water partition coefficient (Wildman–Crippen LogP) is 2.75. The van der Waals surface area contributed by atoms with Crippen molar-refractivity contribution in [2.75, 3.05) is 32.5 Å². The van der Waals surface area contributed by atoms with Crippen LogP contribution in [0.2, 0.25) is 0 Å². The van der Waals surface area contributed by atoms with Gasteiger partial charge in [0.2, 0.25) is 0 Å². The lowest BCUT2D eigenvalue weighted by Gasteiger charge is -2.09. The van der Waals surface area contributed by atoms with Gasteiger partial charge >= 0.3 is 0 Å². The van der Waals surface area contributed by atoms with Gasteiger partial charge in [-0.3, -0.25) is 0 Å². The number of nitrogens with zero attached hydrogens (tertiary/aromatic N) is 3. The Bertz CT molecular complexity index is 507. The van der Waals surface area contributed by atoms with Gasteiger partial charge in [-0.05, 0) is 51.3 Å². The Morgan fingerprint density at radius 1 is 1.28 bits per heavy atom. The summed E-state index contributed by atoms with van der Waals surface area (Å²) >= 11 is 1.71. The van der Waals surface area contributed by atoms with E-state index in [-0.39, 0.29) is 0 Å². The van der Waals surface area contributed by atoms with Crippen LogP contribution in [0.5, 0.6) is 0 Å². The molecule has 4 nitrogen and oxygen atoms in total. The molecule has 18 heavy (non-hydrogen) atoms. The van der Waals surface area contributed by atoms with E-state index in [0.717, 1.165) is 30.8 Å². The summed E-state index contributed by atoms with van der Waals surface area (Å²) in [7, 11) is 4.21. The van der Waals surface area contributed by atoms with Crippen LogP contribution in [0.25, 0.3) is 10.2 Å². The zero-order valence-electron chi connectivity index (χ0n) is 11.2. The van der Waals surface area contributed by atoms with E-state index in [9.17, 15) is 0 Å². The fourth-order valence-corrected chi connectivity index (χ4v) is 2.82. The second-order valence-corrected chi connectivity index (χ2v) is 5.64. The highest BCUT2D eigenvalue weighted by Gasteiger charge is 2.07. The van der Waals surface area contributed by atoms with Crippen molar-refractivity contribution in [1.29, 1.82) is 0 Å². The Labute approximate surface area is 112 Å². The van der Waals surface area contributed by atoms with Crippen molar-refractivity contribution in [1.82, 2.24) is 14.9 Å². The molecule has 5 heteroatoms. The highest BCUT2D eigenvalue weighted by molar-refractivity contribution is 7.18. The number of unbranched alkanes of at least 4 members (excludes halogenated alkanes) is 1. The third kappa shape index (κ3) is 3.17. The zero-order valence-corrected chi connectivity index (χ0v) is 12.0. The fraction of sp³-hybridized carbons (Fsp3) is 0.538. The molecular weight excluding hydrogens is 244 g/mol. The standard InChI is InChI=1S/C13H20N4S/c1-10-8-18-12-11(10)15-9-16-13(12)14-6-4-5-7-17(2)3/h8-9H,4-7H2,1-3H3,(H,14,15,16). The number of fused-ring (bicyclic) bond motifs is 1. The molecule has 0 radical (unpaired) electrons. The van der Waals surface area contributed by atoms with Crippen LogP contribution in [-0.2, 0) is 0 Å². The fourth-order valence-electron chi connectivity index (χ4n) is 1.86. The van der Waals surface area contributed by atoms with Gasteiger partial charge in [0.15, 0.2) is 0 Å². The normalized spacial score (nSPS) is 11.3. The van der Waals surface area contributed by atoms with E-state index < -0.39 is 0 Å². The SMILES string of the molecule is Cc1csc2c(NCCCCN(C)C)ncnc12. The third-order valence-corrected chi connectivity index (χ3v) is 3.95. The first-order valence-corrected chi connectivity index (χ1v) is 7.14. The molecule has 0 aliphatic carbocycles. The average Bonchev–Trinajstić information content (AvgIpc) is 2.71. The predicted molar refractivity (Wildman–Crippen MR) is 78.4 cm³/mol. The van der Waals surface area contributed by atoms with Crippen LogP contribution in [0.1, 0.15) is 18.4 Å². The van der Waals surface area contributed by atoms with Crippen LogP contribution in [0.4, 0.5) is 5.82 Å². The number of aromatic nitrogens is 2. The van der Waals surface area contributed by atoms with Crippen molar-refractivity contribution in [3.8, 4) is 0 Å². The number of hydrogen-bond acceptors (Lipinski definition) is 5. The van der Waals surface area contributed by atoms with Crippen molar-refractivity contribution in [2.45, 2.75) is 19.8 Å². The average molecular weight is 264 g/mol. The van der Waals surface area contributed by atoms with Gasteiger partial charge in [0.1, 0.15) is 12.1 Å². The molecule has 2 heterocycles. The summed E-state index contributed by atoms with van der Waals surface area (Å²) in [6.07, 6.45) is 4.01. The summed E-state index contributed by atoms with van der Waals surface area (Å²) in [6.45, 7) is 4.20. The Morgan fingerprint density at radius 2 is 2.11 bits per heavy atom. The molecule has 0 amide bonds. The summed E-state index contributed by atoms with van der Waals surface area (Å²) in [5.74, 6) is 0.975. The lowest BCUT2D eigenvalue weighted by molar-refractivity contribution is 0.396. The molecule has 2 rings (SSSR count). The summed E-state index contributed by atoms with van der Waals surface area (Å²) in [5.41, 5.74) is 2.30. The highest BCUT2D eigenvalue weighted by atomic mass is 32.1. The topological polar surface area (TPSA) is 41.0 Å². The maximum Gasteiger partial charge on any atom is 0.147 e. The van der Waals surface area contributed by atoms with Gasteiger partial charge in [0.25, 0.3) is 0 Å². The minimum Gasteiger partial charge on any atom is -0.369 e. The van der Waals surface area contributed by atoms with E-state index in [4.69, 9.17) is 0 Å². The summed E-state index contributed by atoms with van der Waals surface area (Å²) < 4.78 is 1.17. The zero-order chi connectivity index (χ0) is 13.0. The van der Waals surface area contributed by atoms with Gasteiger partial charge < -0.3 is 10.2 Å². The molecule has 1 N–H and O–H groups in total. The van der Waals surface area contributed by atoms with Crippen LogP contribution in [0.15, 0.2) is 11.7 Å². The summed E-state index contributed by atoms with van der Waals surface area (Å²) in [5, 5.41) is 5.55. The molecule has 0 aliphatic rings. The smallest absolute Gasteiger partial charge is 0.147 e. The van der Waals surface area contributed by atoms with Crippen LogP contribution < -0.4 is 5.32 Å². The van der Waals surface area contributed by atoms with Crippen molar-refractivity contribution in [3.63, 3.8) is 0 Å². The van der Waals surface area contributed by atoms with Gasteiger partial charge in [-0.1, -0.05) is 0 Å². The van der Waals surface area contributed by atoms with Crippen molar-refractivity contribution in [2.24, 2.45) is 0 Å². The van der Waals surface area contributed by atoms with Gasteiger partial charge in [0.05, 0.1) is 10.2 Å². The summed E-state index contributed by atoms with van der Waals surface area (Å²) in [6, 6.07) is 0. The number of thiophene rings is 1. The molecule has 0 bridgehead atoms. The molecule has 0 fully saturated rings.